The molecule has 42 heavy (non-hydrogen) atoms. The lowest BCUT2D eigenvalue weighted by atomic mass is 9.85. The van der Waals surface area contributed by atoms with Crippen LogP contribution >= 0.6 is 0 Å². The quantitative estimate of drug-likeness (QED) is 0.145. The lowest BCUT2D eigenvalue weighted by molar-refractivity contribution is 0.370. The number of hydrogen-bond acceptors (Lipinski definition) is 4. The van der Waals surface area contributed by atoms with E-state index in [1.165, 1.54) is 0 Å². The van der Waals surface area contributed by atoms with E-state index >= 15 is 0 Å². The number of benzene rings is 4. The van der Waals surface area contributed by atoms with E-state index in [-0.39, 0.29) is 26.4 Å². The van der Waals surface area contributed by atoms with Crippen LogP contribution in [0.3, 0.4) is 0 Å². The van der Waals surface area contributed by atoms with Gasteiger partial charge in [0.25, 0.3) is 0 Å². The molecule has 0 saturated carbocycles. The van der Waals surface area contributed by atoms with Gasteiger partial charge in [-0.1, -0.05) is 72.2 Å². The molecule has 4 heteroatoms. The maximum absolute atomic E-state index is 5.63. The second-order valence-corrected chi connectivity index (χ2v) is 8.82. The summed E-state index contributed by atoms with van der Waals surface area (Å²) < 4.78 is 22.5. The second-order valence-electron chi connectivity index (χ2n) is 8.82. The van der Waals surface area contributed by atoms with E-state index in [2.05, 4.69) is 23.7 Å². The van der Waals surface area contributed by atoms with Crippen molar-refractivity contribution in [3.05, 3.63) is 119 Å². The Hall–Kier alpha value is -5.94. The fourth-order valence-corrected chi connectivity index (χ4v) is 4.28. The van der Waals surface area contributed by atoms with Gasteiger partial charge in [-0.05, 0) is 81.9 Å². The van der Waals surface area contributed by atoms with Crippen molar-refractivity contribution >= 4 is 11.1 Å². The maximum atomic E-state index is 5.63. The van der Waals surface area contributed by atoms with Crippen LogP contribution in [0.1, 0.15) is 22.3 Å². The van der Waals surface area contributed by atoms with E-state index < -0.39 is 0 Å². The van der Waals surface area contributed by atoms with Gasteiger partial charge in [0.15, 0.2) is 0 Å². The van der Waals surface area contributed by atoms with Crippen molar-refractivity contribution in [1.29, 1.82) is 0 Å². The summed E-state index contributed by atoms with van der Waals surface area (Å²) in [4.78, 5) is 0. The molecule has 0 spiro atoms. The summed E-state index contributed by atoms with van der Waals surface area (Å²) in [5.74, 6) is 12.7. The van der Waals surface area contributed by atoms with Crippen molar-refractivity contribution in [2.24, 2.45) is 0 Å². The molecule has 0 N–H and O–H groups in total. The van der Waals surface area contributed by atoms with Gasteiger partial charge in [-0.25, -0.2) is 0 Å². The minimum Gasteiger partial charge on any atom is -0.481 e. The van der Waals surface area contributed by atoms with Crippen molar-refractivity contribution in [2.75, 3.05) is 26.4 Å². The summed E-state index contributed by atoms with van der Waals surface area (Å²) in [6.45, 7) is 0.756. The van der Waals surface area contributed by atoms with Crippen molar-refractivity contribution in [3.63, 3.8) is 0 Å². The summed E-state index contributed by atoms with van der Waals surface area (Å²) in [5.41, 5.74) is 5.84. The number of ether oxygens (including phenoxy) is 4. The first kappa shape index (κ1) is 29.1. The molecule has 4 rings (SSSR count). The van der Waals surface area contributed by atoms with Gasteiger partial charge in [0.2, 0.25) is 0 Å². The normalized spacial score (nSPS) is 9.71. The van der Waals surface area contributed by atoms with Crippen LogP contribution in [0.5, 0.6) is 23.0 Å². The first-order chi connectivity index (χ1) is 20.7. The standard InChI is InChI=1S/C38H28O4/c1-5-25-39-33-17-9-29(10-18-33)37(30-11-19-34(20-12-30)40-26-6-2)38(31-13-21-35(22-14-31)41-27-7-3)32-15-23-36(24-16-32)42-28-8-4/h1-4,9-24H,25-28H2. The van der Waals surface area contributed by atoms with Crippen molar-refractivity contribution in [3.8, 4) is 72.4 Å². The third kappa shape index (κ3) is 7.58. The van der Waals surface area contributed by atoms with Gasteiger partial charge in [0.05, 0.1) is 0 Å². The zero-order valence-electron chi connectivity index (χ0n) is 23.0. The van der Waals surface area contributed by atoms with E-state index in [1.807, 2.05) is 97.1 Å². The third-order valence-corrected chi connectivity index (χ3v) is 6.11. The van der Waals surface area contributed by atoms with E-state index in [4.69, 9.17) is 44.6 Å². The molecule has 0 saturated heterocycles. The largest absolute Gasteiger partial charge is 0.481 e. The van der Waals surface area contributed by atoms with Crippen LogP contribution in [-0.2, 0) is 0 Å². The average Bonchev–Trinajstić information content (AvgIpc) is 3.04. The molecule has 0 radical (unpaired) electrons. The van der Waals surface area contributed by atoms with Crippen LogP contribution in [0.15, 0.2) is 97.1 Å². The average molecular weight is 549 g/mol. The molecule has 0 unspecified atom stereocenters. The van der Waals surface area contributed by atoms with Crippen molar-refractivity contribution < 1.29 is 18.9 Å². The fourth-order valence-electron chi connectivity index (χ4n) is 4.28. The van der Waals surface area contributed by atoms with Gasteiger partial charge in [0, 0.05) is 0 Å². The maximum Gasteiger partial charge on any atom is 0.148 e. The Labute approximate surface area is 247 Å². The van der Waals surface area contributed by atoms with Crippen LogP contribution in [0.2, 0.25) is 0 Å². The zero-order chi connectivity index (χ0) is 29.6. The van der Waals surface area contributed by atoms with Crippen molar-refractivity contribution in [1.82, 2.24) is 0 Å². The summed E-state index contributed by atoms with van der Waals surface area (Å²) in [5, 5.41) is 0. The van der Waals surface area contributed by atoms with Gasteiger partial charge < -0.3 is 18.9 Å². The Morgan fingerprint density at radius 2 is 0.548 bits per heavy atom. The van der Waals surface area contributed by atoms with Gasteiger partial charge in [-0.15, -0.1) is 25.7 Å². The molecule has 0 bridgehead atoms. The predicted molar refractivity (Wildman–Crippen MR) is 168 cm³/mol. The van der Waals surface area contributed by atoms with Crippen molar-refractivity contribution in [2.45, 2.75) is 0 Å². The molecule has 0 heterocycles. The predicted octanol–water partition coefficient (Wildman–Crippen LogP) is 6.74. The topological polar surface area (TPSA) is 36.9 Å². The highest BCUT2D eigenvalue weighted by molar-refractivity contribution is 6.04. The molecule has 0 fully saturated rings. The highest BCUT2D eigenvalue weighted by atomic mass is 16.5. The summed E-state index contributed by atoms with van der Waals surface area (Å²) in [7, 11) is 0. The Morgan fingerprint density at radius 3 is 0.714 bits per heavy atom. The SMILES string of the molecule is C#CCOc1ccc(C(=C(c2ccc(OCC#C)cc2)c2ccc(OCC#C)cc2)c2ccc(OCC#C)cc2)cc1. The van der Waals surface area contributed by atoms with E-state index in [9.17, 15) is 0 Å². The number of rotatable bonds is 12. The molecular weight excluding hydrogens is 520 g/mol. The highest BCUT2D eigenvalue weighted by Crippen LogP contribution is 2.39. The molecule has 0 atom stereocenters. The lowest BCUT2D eigenvalue weighted by Gasteiger charge is -2.19. The lowest BCUT2D eigenvalue weighted by Crippen LogP contribution is -2.00. The van der Waals surface area contributed by atoms with E-state index in [0.717, 1.165) is 33.4 Å². The first-order valence-corrected chi connectivity index (χ1v) is 13.1. The van der Waals surface area contributed by atoms with Crippen LogP contribution in [0, 0.1) is 49.4 Å². The molecule has 204 valence electrons. The Morgan fingerprint density at radius 1 is 0.357 bits per heavy atom. The van der Waals surface area contributed by atoms with Crippen LogP contribution in [-0.4, -0.2) is 26.4 Å². The van der Waals surface area contributed by atoms with Crippen LogP contribution < -0.4 is 18.9 Å². The zero-order valence-corrected chi connectivity index (χ0v) is 23.0. The first-order valence-electron chi connectivity index (χ1n) is 13.1. The molecule has 0 amide bonds. The molecular formula is C38H28O4. The number of hydrogen-bond donors (Lipinski definition) is 0. The molecule has 4 aromatic carbocycles. The molecule has 4 aromatic rings. The van der Waals surface area contributed by atoms with Gasteiger partial charge in [-0.3, -0.25) is 0 Å². The van der Waals surface area contributed by atoms with Gasteiger partial charge >= 0.3 is 0 Å². The molecule has 0 aliphatic heterocycles. The van der Waals surface area contributed by atoms with Gasteiger partial charge in [0.1, 0.15) is 49.4 Å². The minimum atomic E-state index is 0.189. The Balaban J connectivity index is 1.92. The Bertz CT molecular complexity index is 1410. The highest BCUT2D eigenvalue weighted by Gasteiger charge is 2.17. The smallest absolute Gasteiger partial charge is 0.148 e. The minimum absolute atomic E-state index is 0.189. The second kappa shape index (κ2) is 15.0. The van der Waals surface area contributed by atoms with Crippen LogP contribution in [0.4, 0.5) is 0 Å². The third-order valence-electron chi connectivity index (χ3n) is 6.11. The monoisotopic (exact) mass is 548 g/mol. The summed E-state index contributed by atoms with van der Waals surface area (Å²) >= 11 is 0. The Kier molecular flexibility index (Phi) is 10.4. The molecule has 0 aromatic heterocycles. The van der Waals surface area contributed by atoms with E-state index in [1.54, 1.807) is 0 Å². The molecule has 4 nitrogen and oxygen atoms in total. The van der Waals surface area contributed by atoms with Crippen LogP contribution in [0.25, 0.3) is 11.1 Å². The fraction of sp³-hybridized carbons (Fsp3) is 0.105. The molecule has 0 aliphatic carbocycles. The molecule has 0 aliphatic rings. The summed E-state index contributed by atoms with van der Waals surface area (Å²) in [6.07, 6.45) is 21.5. The van der Waals surface area contributed by atoms with E-state index in [0.29, 0.717) is 23.0 Å². The number of terminal acetylenes is 4. The van der Waals surface area contributed by atoms with Gasteiger partial charge in [-0.2, -0.15) is 0 Å². The summed E-state index contributed by atoms with van der Waals surface area (Å²) in [6, 6.07) is 31.3.